The minimum Gasteiger partial charge on any atom is -0.388 e. The lowest BCUT2D eigenvalue weighted by Gasteiger charge is -2.35. The Hall–Kier alpha value is -0.770. The van der Waals surface area contributed by atoms with Crippen LogP contribution in [-0.4, -0.2) is 41.2 Å². The molecule has 15 heavy (non-hydrogen) atoms. The summed E-state index contributed by atoms with van der Waals surface area (Å²) in [6.45, 7) is 2.52. The summed E-state index contributed by atoms with van der Waals surface area (Å²) in [4.78, 5) is 6.44. The number of piperidine rings is 1. The van der Waals surface area contributed by atoms with Crippen molar-refractivity contribution < 1.29 is 5.11 Å². The zero-order valence-electron chi connectivity index (χ0n) is 9.28. The smallest absolute Gasteiger partial charge is 0.191 e. The highest BCUT2D eigenvalue weighted by Crippen LogP contribution is 2.31. The number of aliphatic imine (C=N–C) groups is 1. The van der Waals surface area contributed by atoms with E-state index in [0.29, 0.717) is 12.5 Å². The van der Waals surface area contributed by atoms with Crippen LogP contribution < -0.4 is 5.73 Å². The van der Waals surface area contributed by atoms with Gasteiger partial charge in [-0.05, 0) is 38.5 Å². The molecular weight excluding hydrogens is 190 g/mol. The van der Waals surface area contributed by atoms with Crippen molar-refractivity contribution in [1.82, 2.24) is 4.90 Å². The van der Waals surface area contributed by atoms with Crippen molar-refractivity contribution in [1.29, 1.82) is 0 Å². The van der Waals surface area contributed by atoms with Crippen LogP contribution in [0.3, 0.4) is 0 Å². The Morgan fingerprint density at radius 2 is 1.87 bits per heavy atom. The molecule has 0 bridgehead atoms. The highest BCUT2D eigenvalue weighted by molar-refractivity contribution is 5.78. The molecule has 0 amide bonds. The fraction of sp³-hybridized carbons (Fsp3) is 0.909. The summed E-state index contributed by atoms with van der Waals surface area (Å²) in [6.07, 6.45) is 6.60. The molecule has 4 nitrogen and oxygen atoms in total. The second-order valence-corrected chi connectivity index (χ2v) is 4.80. The van der Waals surface area contributed by atoms with Gasteiger partial charge in [0.25, 0.3) is 0 Å². The third kappa shape index (κ3) is 2.62. The summed E-state index contributed by atoms with van der Waals surface area (Å²) in [7, 11) is 0. The van der Waals surface area contributed by atoms with Crippen molar-refractivity contribution in [2.75, 3.05) is 19.6 Å². The van der Waals surface area contributed by atoms with Crippen LogP contribution >= 0.6 is 0 Å². The van der Waals surface area contributed by atoms with Gasteiger partial charge in [0.15, 0.2) is 5.96 Å². The lowest BCUT2D eigenvalue weighted by Crippen LogP contribution is -2.44. The molecule has 1 saturated carbocycles. The molecule has 0 atom stereocenters. The fourth-order valence-corrected chi connectivity index (χ4v) is 2.19. The monoisotopic (exact) mass is 211 g/mol. The number of rotatable bonds is 2. The molecular formula is C11H21N3O. The number of aliphatic hydroxyl groups is 1. The lowest BCUT2D eigenvalue weighted by atomic mass is 9.80. The van der Waals surface area contributed by atoms with E-state index in [9.17, 15) is 5.11 Å². The molecule has 1 saturated heterocycles. The summed E-state index contributed by atoms with van der Waals surface area (Å²) in [6, 6.07) is 0. The van der Waals surface area contributed by atoms with E-state index in [1.807, 2.05) is 0 Å². The number of hydrogen-bond acceptors (Lipinski definition) is 2. The number of nitrogens with zero attached hydrogens (tertiary/aromatic N) is 2. The van der Waals surface area contributed by atoms with Crippen LogP contribution in [0.25, 0.3) is 0 Å². The maximum Gasteiger partial charge on any atom is 0.191 e. The molecule has 3 N–H and O–H groups in total. The third-order valence-electron chi connectivity index (χ3n) is 3.50. The first-order valence-corrected chi connectivity index (χ1v) is 5.97. The average Bonchev–Trinajstić information content (AvgIpc) is 2.24. The largest absolute Gasteiger partial charge is 0.388 e. The predicted octanol–water partition coefficient (Wildman–Crippen LogP) is 0.702. The first-order valence-electron chi connectivity index (χ1n) is 5.97. The van der Waals surface area contributed by atoms with Gasteiger partial charge in [0.05, 0.1) is 12.1 Å². The van der Waals surface area contributed by atoms with Gasteiger partial charge in [-0.25, -0.2) is 0 Å². The Labute approximate surface area is 91.2 Å². The first kappa shape index (κ1) is 10.7. The van der Waals surface area contributed by atoms with Crippen molar-refractivity contribution in [2.24, 2.45) is 10.7 Å². The minimum atomic E-state index is -0.541. The molecule has 1 aliphatic heterocycles. The van der Waals surface area contributed by atoms with E-state index in [2.05, 4.69) is 9.89 Å². The van der Waals surface area contributed by atoms with Gasteiger partial charge in [0.1, 0.15) is 0 Å². The standard InChI is InChI=1S/C11H21N3O/c12-10(14-7-2-1-3-8-14)13-9-11(15)5-4-6-11/h15H,1-9H2,(H2,12,13). The number of guanidine groups is 1. The number of likely N-dealkylation sites (tertiary alicyclic amines) is 1. The summed E-state index contributed by atoms with van der Waals surface area (Å²) in [5.74, 6) is 0.620. The maximum atomic E-state index is 9.88. The van der Waals surface area contributed by atoms with Crippen molar-refractivity contribution in [3.8, 4) is 0 Å². The van der Waals surface area contributed by atoms with Crippen LogP contribution in [0.15, 0.2) is 4.99 Å². The van der Waals surface area contributed by atoms with E-state index in [4.69, 9.17) is 5.73 Å². The van der Waals surface area contributed by atoms with Crippen molar-refractivity contribution in [3.63, 3.8) is 0 Å². The first-order chi connectivity index (χ1) is 7.20. The van der Waals surface area contributed by atoms with Crippen molar-refractivity contribution in [2.45, 2.75) is 44.1 Å². The Bertz CT molecular complexity index is 242. The van der Waals surface area contributed by atoms with Gasteiger partial charge in [-0.3, -0.25) is 4.99 Å². The quantitative estimate of drug-likeness (QED) is 0.522. The van der Waals surface area contributed by atoms with Crippen LogP contribution in [0.2, 0.25) is 0 Å². The molecule has 0 aromatic carbocycles. The van der Waals surface area contributed by atoms with Crippen LogP contribution in [0.1, 0.15) is 38.5 Å². The van der Waals surface area contributed by atoms with E-state index >= 15 is 0 Å². The minimum absolute atomic E-state index is 0.481. The molecule has 2 fully saturated rings. The van der Waals surface area contributed by atoms with Crippen LogP contribution in [0.5, 0.6) is 0 Å². The van der Waals surface area contributed by atoms with Gasteiger partial charge in [-0.1, -0.05) is 0 Å². The Morgan fingerprint density at radius 3 is 2.40 bits per heavy atom. The van der Waals surface area contributed by atoms with Gasteiger partial charge >= 0.3 is 0 Å². The molecule has 86 valence electrons. The van der Waals surface area contributed by atoms with E-state index in [1.54, 1.807) is 0 Å². The topological polar surface area (TPSA) is 61.9 Å². The van der Waals surface area contributed by atoms with E-state index in [-0.39, 0.29) is 0 Å². The zero-order chi connectivity index (χ0) is 10.7. The second kappa shape index (κ2) is 4.39. The lowest BCUT2D eigenvalue weighted by molar-refractivity contribution is -0.0237. The third-order valence-corrected chi connectivity index (χ3v) is 3.50. The molecule has 1 aliphatic carbocycles. The SMILES string of the molecule is NC(=NCC1(O)CCC1)N1CCCCC1. The van der Waals surface area contributed by atoms with Crippen LogP contribution in [0.4, 0.5) is 0 Å². The van der Waals surface area contributed by atoms with Crippen molar-refractivity contribution in [3.05, 3.63) is 0 Å². The number of nitrogens with two attached hydrogens (primary N) is 1. The molecule has 0 unspecified atom stereocenters. The summed E-state index contributed by atoms with van der Waals surface area (Å²) >= 11 is 0. The summed E-state index contributed by atoms with van der Waals surface area (Å²) in [5.41, 5.74) is 5.36. The summed E-state index contributed by atoms with van der Waals surface area (Å²) < 4.78 is 0. The van der Waals surface area contributed by atoms with E-state index in [0.717, 1.165) is 32.4 Å². The van der Waals surface area contributed by atoms with Crippen molar-refractivity contribution >= 4 is 5.96 Å². The molecule has 0 spiro atoms. The van der Waals surface area contributed by atoms with Gasteiger partial charge in [0, 0.05) is 13.1 Å². The van der Waals surface area contributed by atoms with Crippen LogP contribution in [-0.2, 0) is 0 Å². The highest BCUT2D eigenvalue weighted by Gasteiger charge is 2.34. The van der Waals surface area contributed by atoms with Gasteiger partial charge in [-0.2, -0.15) is 0 Å². The van der Waals surface area contributed by atoms with Gasteiger partial charge < -0.3 is 15.7 Å². The molecule has 0 aromatic rings. The number of hydrogen-bond donors (Lipinski definition) is 2. The highest BCUT2D eigenvalue weighted by atomic mass is 16.3. The maximum absolute atomic E-state index is 9.88. The van der Waals surface area contributed by atoms with Gasteiger partial charge in [-0.15, -0.1) is 0 Å². The molecule has 4 heteroatoms. The predicted molar refractivity (Wildman–Crippen MR) is 60.7 cm³/mol. The molecule has 1 heterocycles. The molecule has 2 rings (SSSR count). The Balaban J connectivity index is 1.82. The average molecular weight is 211 g/mol. The fourth-order valence-electron chi connectivity index (χ4n) is 2.19. The van der Waals surface area contributed by atoms with E-state index < -0.39 is 5.60 Å². The molecule has 0 radical (unpaired) electrons. The van der Waals surface area contributed by atoms with Gasteiger partial charge in [0.2, 0.25) is 0 Å². The zero-order valence-corrected chi connectivity index (χ0v) is 9.28. The van der Waals surface area contributed by atoms with E-state index in [1.165, 1.54) is 19.3 Å². The Morgan fingerprint density at radius 1 is 1.20 bits per heavy atom. The molecule has 0 aromatic heterocycles. The Kier molecular flexibility index (Phi) is 3.14. The summed E-state index contributed by atoms with van der Waals surface area (Å²) in [5, 5.41) is 9.88. The van der Waals surface area contributed by atoms with Crippen LogP contribution in [0, 0.1) is 0 Å². The normalized spacial score (nSPS) is 26.2. The second-order valence-electron chi connectivity index (χ2n) is 4.80. The molecule has 2 aliphatic rings.